The summed E-state index contributed by atoms with van der Waals surface area (Å²) in [5, 5.41) is 24.7. The van der Waals surface area contributed by atoms with Gasteiger partial charge in [0.2, 0.25) is 0 Å². The summed E-state index contributed by atoms with van der Waals surface area (Å²) in [5.74, 6) is -2.08. The van der Waals surface area contributed by atoms with Crippen LogP contribution in [0.1, 0.15) is 38.2 Å². The molecular weight excluding hydrogens is 535 g/mol. The highest BCUT2D eigenvalue weighted by molar-refractivity contribution is 6.55. The number of halogens is 3. The Morgan fingerprint density at radius 3 is 2.32 bits per heavy atom. The fourth-order valence-corrected chi connectivity index (χ4v) is 4.71. The van der Waals surface area contributed by atoms with Crippen molar-refractivity contribution in [3.63, 3.8) is 0 Å². The van der Waals surface area contributed by atoms with E-state index >= 15 is 0 Å². The Morgan fingerprint density at radius 1 is 0.878 bits per heavy atom. The van der Waals surface area contributed by atoms with Gasteiger partial charge in [-0.15, -0.1) is 0 Å². The zero-order valence-electron chi connectivity index (χ0n) is 22.2. The number of carbonyl (C=O) groups excluding carboxylic acids is 1. The van der Waals surface area contributed by atoms with Gasteiger partial charge in [-0.3, -0.25) is 15.1 Å². The number of carbonyl (C=O) groups is 2. The second kappa shape index (κ2) is 10.1. The normalized spacial score (nSPS) is 14.0. The minimum absolute atomic E-state index is 0.000656. The lowest BCUT2D eigenvalue weighted by Crippen LogP contribution is -2.26. The number of hydrazone groups is 1. The molecular formula is C31H24F3N3O4. The molecule has 4 aromatic rings. The van der Waals surface area contributed by atoms with Crippen molar-refractivity contribution in [1.29, 1.82) is 0 Å². The molecule has 1 heterocycles. The molecule has 1 aliphatic heterocycles. The smallest absolute Gasteiger partial charge is 0.416 e. The molecule has 0 radical (unpaired) electrons. The monoisotopic (exact) mass is 559 g/mol. The number of para-hydroxylation sites is 1. The molecule has 0 atom stereocenters. The van der Waals surface area contributed by atoms with Gasteiger partial charge in [0.25, 0.3) is 5.91 Å². The highest BCUT2D eigenvalue weighted by Crippen LogP contribution is 2.41. The van der Waals surface area contributed by atoms with Crippen molar-refractivity contribution in [3.8, 4) is 16.9 Å². The number of anilines is 3. The van der Waals surface area contributed by atoms with E-state index in [1.807, 2.05) is 20.8 Å². The SMILES string of the molecule is Cc1ccc(O)c(-c2cccc(C(=O)O)c2NN=C2C(=O)N(c3ccc(C)c(C)c3)c3cc(C(F)(F)F)ccc32)c1. The third-order valence-corrected chi connectivity index (χ3v) is 6.99. The Balaban J connectivity index is 1.67. The lowest BCUT2D eigenvalue weighted by molar-refractivity contribution is -0.137. The molecule has 7 nitrogen and oxygen atoms in total. The van der Waals surface area contributed by atoms with Crippen molar-refractivity contribution in [1.82, 2.24) is 0 Å². The summed E-state index contributed by atoms with van der Waals surface area (Å²) >= 11 is 0. The molecule has 0 fully saturated rings. The molecule has 0 aliphatic carbocycles. The first-order valence-corrected chi connectivity index (χ1v) is 12.5. The van der Waals surface area contributed by atoms with E-state index < -0.39 is 23.6 Å². The summed E-state index contributed by atoms with van der Waals surface area (Å²) in [6.45, 7) is 5.51. The van der Waals surface area contributed by atoms with Crippen LogP contribution in [0.15, 0.2) is 77.9 Å². The van der Waals surface area contributed by atoms with Crippen molar-refractivity contribution in [2.75, 3.05) is 10.3 Å². The average Bonchev–Trinajstić information content (AvgIpc) is 3.20. The summed E-state index contributed by atoms with van der Waals surface area (Å²) in [6, 6.07) is 17.3. The summed E-state index contributed by atoms with van der Waals surface area (Å²) in [4.78, 5) is 27.0. The van der Waals surface area contributed by atoms with Gasteiger partial charge in [-0.2, -0.15) is 18.3 Å². The summed E-state index contributed by atoms with van der Waals surface area (Å²) in [7, 11) is 0. The van der Waals surface area contributed by atoms with Crippen molar-refractivity contribution in [3.05, 3.63) is 106 Å². The standard InChI is InChI=1S/C31H24F3N3O4/c1-16-7-12-26(38)24(13-16)21-5-4-6-23(30(40)41)27(21)35-36-28-22-11-9-19(31(32,33)34)15-25(22)37(29(28)39)20-10-8-17(2)18(3)14-20/h4-15,35,38H,1-3H3,(H,40,41). The van der Waals surface area contributed by atoms with E-state index in [-0.39, 0.29) is 34.0 Å². The molecule has 0 aromatic heterocycles. The molecule has 1 amide bonds. The fraction of sp³-hybridized carbons (Fsp3) is 0.129. The number of aryl methyl sites for hydroxylation is 3. The van der Waals surface area contributed by atoms with E-state index in [9.17, 15) is 33.0 Å². The number of aromatic hydroxyl groups is 1. The summed E-state index contributed by atoms with van der Waals surface area (Å²) in [6.07, 6.45) is -4.64. The molecule has 4 aromatic carbocycles. The van der Waals surface area contributed by atoms with Gasteiger partial charge in [0, 0.05) is 22.4 Å². The van der Waals surface area contributed by atoms with Gasteiger partial charge in [0.15, 0.2) is 5.71 Å². The maximum atomic E-state index is 13.7. The number of nitrogens with zero attached hydrogens (tertiary/aromatic N) is 2. The molecule has 41 heavy (non-hydrogen) atoms. The number of carboxylic acid groups (broad SMARTS) is 1. The Bertz CT molecular complexity index is 1760. The number of benzene rings is 4. The summed E-state index contributed by atoms with van der Waals surface area (Å²) < 4.78 is 40.9. The molecule has 3 N–H and O–H groups in total. The third kappa shape index (κ3) is 5.00. The minimum atomic E-state index is -4.64. The Labute approximate surface area is 233 Å². The van der Waals surface area contributed by atoms with E-state index in [2.05, 4.69) is 10.5 Å². The molecule has 10 heteroatoms. The van der Waals surface area contributed by atoms with Gasteiger partial charge >= 0.3 is 12.1 Å². The maximum Gasteiger partial charge on any atom is 0.416 e. The van der Waals surface area contributed by atoms with Gasteiger partial charge in [-0.05, 0) is 80.4 Å². The number of carboxylic acids is 1. The predicted molar refractivity (Wildman–Crippen MR) is 150 cm³/mol. The van der Waals surface area contributed by atoms with E-state index in [4.69, 9.17) is 0 Å². The van der Waals surface area contributed by atoms with Crippen LogP contribution in [0.2, 0.25) is 0 Å². The predicted octanol–water partition coefficient (Wildman–Crippen LogP) is 7.20. The topological polar surface area (TPSA) is 102 Å². The van der Waals surface area contributed by atoms with Gasteiger partial charge in [0.1, 0.15) is 5.75 Å². The highest BCUT2D eigenvalue weighted by atomic mass is 19.4. The van der Waals surface area contributed by atoms with Gasteiger partial charge in [-0.1, -0.05) is 29.8 Å². The molecule has 5 rings (SSSR count). The lowest BCUT2D eigenvalue weighted by atomic mass is 9.98. The number of alkyl halides is 3. The van der Waals surface area contributed by atoms with Gasteiger partial charge in [-0.25, -0.2) is 4.79 Å². The molecule has 208 valence electrons. The van der Waals surface area contributed by atoms with E-state index in [1.54, 1.807) is 36.4 Å². The minimum Gasteiger partial charge on any atom is -0.507 e. The molecule has 1 aliphatic rings. The van der Waals surface area contributed by atoms with Crippen molar-refractivity contribution in [2.45, 2.75) is 26.9 Å². The number of phenols is 1. The quantitative estimate of drug-likeness (QED) is 0.225. The van der Waals surface area contributed by atoms with Crippen molar-refractivity contribution >= 4 is 34.7 Å². The second-order valence-corrected chi connectivity index (χ2v) is 9.76. The molecule has 0 spiro atoms. The number of hydrogen-bond donors (Lipinski definition) is 3. The maximum absolute atomic E-state index is 13.7. The van der Waals surface area contributed by atoms with E-state index in [1.165, 1.54) is 24.3 Å². The van der Waals surface area contributed by atoms with Crippen LogP contribution < -0.4 is 10.3 Å². The largest absolute Gasteiger partial charge is 0.507 e. The molecule has 0 unspecified atom stereocenters. The number of hydrogen-bond acceptors (Lipinski definition) is 5. The molecule has 0 bridgehead atoms. The Kier molecular flexibility index (Phi) is 6.78. The number of amides is 1. The van der Waals surface area contributed by atoms with Gasteiger partial charge < -0.3 is 10.2 Å². The average molecular weight is 560 g/mol. The zero-order valence-corrected chi connectivity index (χ0v) is 22.2. The lowest BCUT2D eigenvalue weighted by Gasteiger charge is -2.19. The highest BCUT2D eigenvalue weighted by Gasteiger charge is 2.39. The third-order valence-electron chi connectivity index (χ3n) is 6.99. The molecule has 0 saturated carbocycles. The first kappa shape index (κ1) is 27.4. The first-order valence-electron chi connectivity index (χ1n) is 12.5. The van der Waals surface area contributed by atoms with Gasteiger partial charge in [0.05, 0.1) is 22.5 Å². The van der Waals surface area contributed by atoms with E-state index in [0.717, 1.165) is 33.7 Å². The van der Waals surface area contributed by atoms with Crippen LogP contribution in [0.25, 0.3) is 11.1 Å². The number of aromatic carboxylic acids is 1. The Hall–Kier alpha value is -5.12. The number of rotatable bonds is 5. The van der Waals surface area contributed by atoms with Crippen LogP contribution in [0, 0.1) is 20.8 Å². The van der Waals surface area contributed by atoms with Crippen molar-refractivity contribution < 1.29 is 33.0 Å². The second-order valence-electron chi connectivity index (χ2n) is 9.76. The zero-order chi connectivity index (χ0) is 29.6. The van der Waals surface area contributed by atoms with Crippen LogP contribution in [0.4, 0.5) is 30.2 Å². The fourth-order valence-electron chi connectivity index (χ4n) is 4.71. The summed E-state index contributed by atoms with van der Waals surface area (Å²) in [5.41, 5.74) is 5.09. The van der Waals surface area contributed by atoms with Crippen LogP contribution in [0.3, 0.4) is 0 Å². The Morgan fingerprint density at radius 2 is 1.63 bits per heavy atom. The van der Waals surface area contributed by atoms with Crippen LogP contribution in [-0.4, -0.2) is 27.8 Å². The number of nitrogens with one attached hydrogen (secondary N) is 1. The van der Waals surface area contributed by atoms with Crippen LogP contribution in [0.5, 0.6) is 5.75 Å². The number of phenolic OH excluding ortho intramolecular Hbond substituents is 1. The van der Waals surface area contributed by atoms with Crippen molar-refractivity contribution in [2.24, 2.45) is 5.10 Å². The van der Waals surface area contributed by atoms with Crippen LogP contribution >= 0.6 is 0 Å². The first-order chi connectivity index (χ1) is 19.4. The van der Waals surface area contributed by atoms with Crippen LogP contribution in [-0.2, 0) is 11.0 Å². The number of fused-ring (bicyclic) bond motifs is 1. The van der Waals surface area contributed by atoms with E-state index in [0.29, 0.717) is 16.8 Å². The molecule has 0 saturated heterocycles.